The Hall–Kier alpha value is -2.64. The highest BCUT2D eigenvalue weighted by Gasteiger charge is 2.12. The van der Waals surface area contributed by atoms with E-state index < -0.39 is 0 Å². The molecule has 0 bridgehead atoms. The van der Waals surface area contributed by atoms with Crippen molar-refractivity contribution < 1.29 is 9.59 Å². The lowest BCUT2D eigenvalue weighted by Gasteiger charge is -2.08. The third-order valence-corrected chi connectivity index (χ3v) is 5.44. The second-order valence-corrected chi connectivity index (χ2v) is 7.46. The van der Waals surface area contributed by atoms with E-state index in [4.69, 9.17) is 11.6 Å². The number of halogens is 1. The number of thioether (sulfide) groups is 1. The highest BCUT2D eigenvalue weighted by Crippen LogP contribution is 2.24. The van der Waals surface area contributed by atoms with Crippen LogP contribution in [0.3, 0.4) is 0 Å². The first-order chi connectivity index (χ1) is 13.5. The van der Waals surface area contributed by atoms with Crippen molar-refractivity contribution in [1.82, 2.24) is 14.8 Å². The summed E-state index contributed by atoms with van der Waals surface area (Å²) >= 11 is 7.51. The van der Waals surface area contributed by atoms with Crippen LogP contribution in [0, 0.1) is 6.92 Å². The molecule has 0 aliphatic carbocycles. The second kappa shape index (κ2) is 9.03. The van der Waals surface area contributed by atoms with Crippen LogP contribution in [-0.2, 0) is 4.79 Å². The molecule has 0 atom stereocenters. The predicted octanol–water partition coefficient (Wildman–Crippen LogP) is 4.55. The van der Waals surface area contributed by atoms with Gasteiger partial charge in [0.25, 0.3) is 0 Å². The number of benzene rings is 2. The van der Waals surface area contributed by atoms with Crippen LogP contribution < -0.4 is 5.32 Å². The number of carbonyl (C=O) groups is 2. The molecule has 0 saturated heterocycles. The topological polar surface area (TPSA) is 76.9 Å². The largest absolute Gasteiger partial charge is 0.326 e. The van der Waals surface area contributed by atoms with Crippen LogP contribution in [-0.4, -0.2) is 32.2 Å². The number of anilines is 1. The molecule has 3 aromatic rings. The number of carbonyl (C=O) groups excluding carboxylic acids is 2. The first-order valence-corrected chi connectivity index (χ1v) is 10.1. The van der Waals surface area contributed by atoms with Gasteiger partial charge in [-0.3, -0.25) is 14.2 Å². The summed E-state index contributed by atoms with van der Waals surface area (Å²) in [6, 6.07) is 12.6. The van der Waals surface area contributed by atoms with Gasteiger partial charge in [-0.2, -0.15) is 0 Å². The minimum Gasteiger partial charge on any atom is -0.326 e. The number of rotatable bonds is 7. The summed E-state index contributed by atoms with van der Waals surface area (Å²) in [4.78, 5) is 23.9. The van der Waals surface area contributed by atoms with Gasteiger partial charge >= 0.3 is 0 Å². The van der Waals surface area contributed by atoms with Gasteiger partial charge in [0.05, 0.1) is 11.4 Å². The van der Waals surface area contributed by atoms with Crippen LogP contribution in [0.15, 0.2) is 53.9 Å². The molecule has 0 aliphatic heterocycles. The van der Waals surface area contributed by atoms with Crippen molar-refractivity contribution in [3.05, 3.63) is 64.9 Å². The monoisotopic (exact) mass is 414 g/mol. The first-order valence-electron chi connectivity index (χ1n) is 8.70. The number of Topliss-reactive ketones (excluding diaryl/α,β-unsaturated/α-hetero) is 1. The van der Waals surface area contributed by atoms with Crippen LogP contribution in [0.5, 0.6) is 0 Å². The average molecular weight is 415 g/mol. The van der Waals surface area contributed by atoms with E-state index in [2.05, 4.69) is 15.5 Å². The molecule has 2 aromatic carbocycles. The molecule has 0 aliphatic rings. The van der Waals surface area contributed by atoms with E-state index in [0.29, 0.717) is 27.9 Å². The minimum absolute atomic E-state index is 0.0325. The van der Waals surface area contributed by atoms with Gasteiger partial charge in [-0.15, -0.1) is 10.2 Å². The molecule has 0 saturated carbocycles. The molecular formula is C20H19ClN4O2S. The van der Waals surface area contributed by atoms with Crippen molar-refractivity contribution >= 4 is 40.7 Å². The molecule has 0 unspecified atom stereocenters. The van der Waals surface area contributed by atoms with Gasteiger partial charge in [0.15, 0.2) is 10.9 Å². The Bertz CT molecular complexity index is 1000. The van der Waals surface area contributed by atoms with Gasteiger partial charge in [-0.1, -0.05) is 36.4 Å². The number of hydrogen-bond donors (Lipinski definition) is 1. The van der Waals surface area contributed by atoms with Gasteiger partial charge in [0.1, 0.15) is 6.33 Å². The minimum atomic E-state index is -0.0647. The van der Waals surface area contributed by atoms with Gasteiger partial charge in [0, 0.05) is 22.7 Å². The number of nitrogens with zero attached hydrogens (tertiary/aromatic N) is 3. The maximum Gasteiger partial charge on any atom is 0.224 e. The fourth-order valence-corrected chi connectivity index (χ4v) is 3.43. The second-order valence-electron chi connectivity index (χ2n) is 6.11. The summed E-state index contributed by atoms with van der Waals surface area (Å²) < 4.78 is 1.80. The number of amides is 1. The molecule has 8 heteroatoms. The zero-order valence-corrected chi connectivity index (χ0v) is 17.0. The maximum absolute atomic E-state index is 12.5. The molecule has 0 radical (unpaired) electrons. The normalized spacial score (nSPS) is 10.7. The smallest absolute Gasteiger partial charge is 0.224 e. The van der Waals surface area contributed by atoms with Crippen LogP contribution in [0.1, 0.15) is 29.3 Å². The highest BCUT2D eigenvalue weighted by atomic mass is 35.5. The Labute approximate surface area is 172 Å². The summed E-state index contributed by atoms with van der Waals surface area (Å²) in [6.45, 7) is 3.72. The molecule has 1 N–H and O–H groups in total. The van der Waals surface area contributed by atoms with Crippen LogP contribution in [0.25, 0.3) is 5.69 Å². The predicted molar refractivity (Wildman–Crippen MR) is 112 cm³/mol. The lowest BCUT2D eigenvalue weighted by atomic mass is 10.1. The summed E-state index contributed by atoms with van der Waals surface area (Å²) in [6.07, 6.45) is 2.00. The molecule has 1 aromatic heterocycles. The van der Waals surface area contributed by atoms with E-state index in [-0.39, 0.29) is 17.4 Å². The summed E-state index contributed by atoms with van der Waals surface area (Å²) in [7, 11) is 0. The first kappa shape index (κ1) is 20.1. The highest BCUT2D eigenvalue weighted by molar-refractivity contribution is 7.99. The molecule has 6 nitrogen and oxygen atoms in total. The lowest BCUT2D eigenvalue weighted by molar-refractivity contribution is -0.115. The quantitative estimate of drug-likeness (QED) is 0.453. The van der Waals surface area contributed by atoms with Crippen LogP contribution in [0.2, 0.25) is 5.02 Å². The fourth-order valence-electron chi connectivity index (χ4n) is 2.43. The Morgan fingerprint density at radius 1 is 1.18 bits per heavy atom. The van der Waals surface area contributed by atoms with E-state index in [9.17, 15) is 9.59 Å². The Kier molecular flexibility index (Phi) is 6.49. The zero-order valence-electron chi connectivity index (χ0n) is 15.5. The van der Waals surface area contributed by atoms with Gasteiger partial charge in [0.2, 0.25) is 5.91 Å². The Balaban J connectivity index is 1.66. The van der Waals surface area contributed by atoms with Crippen molar-refractivity contribution in [3.8, 4) is 5.69 Å². The summed E-state index contributed by atoms with van der Waals surface area (Å²) in [5.74, 6) is 0.124. The molecule has 144 valence electrons. The van der Waals surface area contributed by atoms with Crippen molar-refractivity contribution in [2.75, 3.05) is 11.1 Å². The molecule has 1 heterocycles. The maximum atomic E-state index is 12.5. The Morgan fingerprint density at radius 2 is 1.93 bits per heavy atom. The number of ketones is 1. The number of aryl methyl sites for hydroxylation is 1. The van der Waals surface area contributed by atoms with Crippen LogP contribution >= 0.6 is 23.4 Å². The van der Waals surface area contributed by atoms with E-state index in [1.807, 2.05) is 25.1 Å². The summed E-state index contributed by atoms with van der Waals surface area (Å²) in [5, 5.41) is 12.1. The molecule has 28 heavy (non-hydrogen) atoms. The third kappa shape index (κ3) is 4.79. The number of hydrogen-bond acceptors (Lipinski definition) is 5. The van der Waals surface area contributed by atoms with E-state index >= 15 is 0 Å². The third-order valence-electron chi connectivity index (χ3n) is 4.09. The molecule has 0 fully saturated rings. The number of aromatic nitrogens is 3. The molecule has 1 amide bonds. The summed E-state index contributed by atoms with van der Waals surface area (Å²) in [5.41, 5.74) is 3.08. The van der Waals surface area contributed by atoms with Crippen molar-refractivity contribution in [1.29, 1.82) is 0 Å². The van der Waals surface area contributed by atoms with E-state index in [1.54, 1.807) is 42.1 Å². The van der Waals surface area contributed by atoms with Crippen LogP contribution in [0.4, 0.5) is 5.69 Å². The lowest BCUT2D eigenvalue weighted by Crippen LogP contribution is -2.10. The SMILES string of the molecule is CCC(=O)Nc1ccc(C(=O)CSc2nncn2-c2ccc(C)c(Cl)c2)cc1. The van der Waals surface area contributed by atoms with Crippen molar-refractivity contribution in [3.63, 3.8) is 0 Å². The fraction of sp³-hybridized carbons (Fsp3) is 0.200. The van der Waals surface area contributed by atoms with E-state index in [0.717, 1.165) is 11.3 Å². The van der Waals surface area contributed by atoms with Crippen molar-refractivity contribution in [2.24, 2.45) is 0 Å². The Morgan fingerprint density at radius 3 is 2.61 bits per heavy atom. The number of nitrogens with one attached hydrogen (secondary N) is 1. The van der Waals surface area contributed by atoms with E-state index in [1.165, 1.54) is 11.8 Å². The van der Waals surface area contributed by atoms with Crippen molar-refractivity contribution in [2.45, 2.75) is 25.4 Å². The molecule has 0 spiro atoms. The molecular weight excluding hydrogens is 396 g/mol. The zero-order chi connectivity index (χ0) is 20.1. The average Bonchev–Trinajstić information content (AvgIpc) is 3.17. The molecule has 3 rings (SSSR count). The van der Waals surface area contributed by atoms with Gasteiger partial charge < -0.3 is 5.32 Å². The van der Waals surface area contributed by atoms with Gasteiger partial charge in [-0.25, -0.2) is 0 Å². The van der Waals surface area contributed by atoms with Gasteiger partial charge in [-0.05, 0) is 48.9 Å². The standard InChI is InChI=1S/C20H19ClN4O2S/c1-3-19(27)23-15-7-5-14(6-8-15)18(26)11-28-20-24-22-12-25(20)16-9-4-13(2)17(21)10-16/h4-10,12H,3,11H2,1-2H3,(H,23,27).